The van der Waals surface area contributed by atoms with E-state index in [9.17, 15) is 4.39 Å². The summed E-state index contributed by atoms with van der Waals surface area (Å²) in [6.07, 6.45) is 3.27. The van der Waals surface area contributed by atoms with Gasteiger partial charge in [-0.05, 0) is 31.2 Å². The molecule has 0 fully saturated rings. The molecule has 0 bridgehead atoms. The van der Waals surface area contributed by atoms with E-state index in [4.69, 9.17) is 4.74 Å². The highest BCUT2D eigenvalue weighted by Crippen LogP contribution is 2.26. The van der Waals surface area contributed by atoms with E-state index in [1.807, 2.05) is 19.9 Å². The summed E-state index contributed by atoms with van der Waals surface area (Å²) in [5.41, 5.74) is 2.20. The summed E-state index contributed by atoms with van der Waals surface area (Å²) in [6, 6.07) is 7.08. The first-order valence-corrected chi connectivity index (χ1v) is 6.82. The molecule has 0 aliphatic carbocycles. The van der Waals surface area contributed by atoms with E-state index >= 15 is 0 Å². The van der Waals surface area contributed by atoms with Gasteiger partial charge in [-0.15, -0.1) is 0 Å². The topological polar surface area (TPSA) is 34.2 Å². The maximum absolute atomic E-state index is 14.2. The summed E-state index contributed by atoms with van der Waals surface area (Å²) in [7, 11) is 0. The maximum Gasteiger partial charge on any atom is 0.138 e. The van der Waals surface area contributed by atoms with Gasteiger partial charge in [-0.2, -0.15) is 0 Å². The van der Waals surface area contributed by atoms with Gasteiger partial charge in [0.15, 0.2) is 0 Å². The first-order chi connectivity index (χ1) is 9.74. The number of benzene rings is 1. The third-order valence-electron chi connectivity index (χ3n) is 2.95. The van der Waals surface area contributed by atoms with E-state index in [1.54, 1.807) is 30.6 Å². The monoisotopic (exact) mass is 274 g/mol. The highest BCUT2D eigenvalue weighted by molar-refractivity contribution is 5.64. The van der Waals surface area contributed by atoms with Crippen LogP contribution in [0.3, 0.4) is 0 Å². The van der Waals surface area contributed by atoms with Crippen molar-refractivity contribution < 1.29 is 9.13 Å². The average Bonchev–Trinajstić information content (AvgIpc) is 2.46. The van der Waals surface area contributed by atoms with Gasteiger partial charge in [-0.1, -0.05) is 19.1 Å². The Labute approximate surface area is 118 Å². The molecule has 1 N–H and O–H groups in total. The number of rotatable bonds is 6. The summed E-state index contributed by atoms with van der Waals surface area (Å²) in [4.78, 5) is 4.09. The number of aromatic nitrogens is 1. The van der Waals surface area contributed by atoms with Crippen molar-refractivity contribution in [3.63, 3.8) is 0 Å². The van der Waals surface area contributed by atoms with Crippen LogP contribution in [0.1, 0.15) is 19.4 Å². The number of ether oxygens (including phenoxy) is 1. The van der Waals surface area contributed by atoms with E-state index in [0.717, 1.165) is 17.7 Å². The maximum atomic E-state index is 14.2. The third-order valence-corrected chi connectivity index (χ3v) is 2.95. The smallest absolute Gasteiger partial charge is 0.138 e. The van der Waals surface area contributed by atoms with Crippen LogP contribution >= 0.6 is 0 Å². The summed E-state index contributed by atoms with van der Waals surface area (Å²) < 4.78 is 19.6. The second kappa shape index (κ2) is 7.01. The highest BCUT2D eigenvalue weighted by Gasteiger charge is 2.07. The standard InChI is InChI=1S/C16H19FN2O/c1-3-18-9-12-5-6-15(16(17)7-12)13-8-14(20-4-2)11-19-10-13/h5-8,10-11,18H,3-4,9H2,1-2H3. The van der Waals surface area contributed by atoms with Crippen molar-refractivity contribution in [2.75, 3.05) is 13.2 Å². The van der Waals surface area contributed by atoms with Crippen LogP contribution in [-0.4, -0.2) is 18.1 Å². The van der Waals surface area contributed by atoms with Crippen molar-refractivity contribution in [2.24, 2.45) is 0 Å². The first kappa shape index (κ1) is 14.5. The lowest BCUT2D eigenvalue weighted by Gasteiger charge is -2.08. The molecule has 0 radical (unpaired) electrons. The van der Waals surface area contributed by atoms with Crippen LogP contribution in [0.15, 0.2) is 36.7 Å². The molecule has 106 valence electrons. The molecule has 0 unspecified atom stereocenters. The molecule has 1 heterocycles. The second-order valence-corrected chi connectivity index (χ2v) is 4.44. The minimum Gasteiger partial charge on any atom is -0.492 e. The average molecular weight is 274 g/mol. The van der Waals surface area contributed by atoms with Crippen molar-refractivity contribution in [2.45, 2.75) is 20.4 Å². The van der Waals surface area contributed by atoms with Gasteiger partial charge in [0, 0.05) is 23.9 Å². The molecule has 2 rings (SSSR count). The molecular formula is C16H19FN2O. The van der Waals surface area contributed by atoms with Crippen LogP contribution in [0.4, 0.5) is 4.39 Å². The molecule has 0 amide bonds. The Bertz CT molecular complexity index is 572. The van der Waals surface area contributed by atoms with Crippen molar-refractivity contribution in [3.05, 3.63) is 48.0 Å². The largest absolute Gasteiger partial charge is 0.492 e. The Balaban J connectivity index is 2.26. The van der Waals surface area contributed by atoms with Gasteiger partial charge >= 0.3 is 0 Å². The van der Waals surface area contributed by atoms with Crippen LogP contribution in [0.5, 0.6) is 5.75 Å². The molecule has 0 saturated carbocycles. The fraction of sp³-hybridized carbons (Fsp3) is 0.312. The Morgan fingerprint density at radius 1 is 1.20 bits per heavy atom. The van der Waals surface area contributed by atoms with Crippen molar-refractivity contribution >= 4 is 0 Å². The second-order valence-electron chi connectivity index (χ2n) is 4.44. The SMILES string of the molecule is CCNCc1ccc(-c2cncc(OCC)c2)c(F)c1. The van der Waals surface area contributed by atoms with E-state index < -0.39 is 0 Å². The lowest BCUT2D eigenvalue weighted by Crippen LogP contribution is -2.11. The van der Waals surface area contributed by atoms with E-state index in [0.29, 0.717) is 24.5 Å². The molecule has 0 aliphatic heterocycles. The Morgan fingerprint density at radius 3 is 2.75 bits per heavy atom. The predicted octanol–water partition coefficient (Wildman–Crippen LogP) is 3.40. The van der Waals surface area contributed by atoms with Crippen molar-refractivity contribution in [1.82, 2.24) is 10.3 Å². The van der Waals surface area contributed by atoms with E-state index in [2.05, 4.69) is 10.3 Å². The molecule has 4 heteroatoms. The number of pyridine rings is 1. The lowest BCUT2D eigenvalue weighted by atomic mass is 10.0. The molecule has 1 aromatic carbocycles. The Morgan fingerprint density at radius 2 is 2.05 bits per heavy atom. The number of hydrogen-bond acceptors (Lipinski definition) is 3. The van der Waals surface area contributed by atoms with Crippen molar-refractivity contribution in [1.29, 1.82) is 0 Å². The Hall–Kier alpha value is -1.94. The molecule has 0 saturated heterocycles. The van der Waals surface area contributed by atoms with Gasteiger partial charge in [0.2, 0.25) is 0 Å². The van der Waals surface area contributed by atoms with Gasteiger partial charge in [0.05, 0.1) is 12.8 Å². The number of nitrogens with one attached hydrogen (secondary N) is 1. The number of nitrogens with zero attached hydrogens (tertiary/aromatic N) is 1. The minimum absolute atomic E-state index is 0.240. The quantitative estimate of drug-likeness (QED) is 0.876. The number of halogens is 1. The first-order valence-electron chi connectivity index (χ1n) is 6.82. The zero-order valence-corrected chi connectivity index (χ0v) is 11.8. The van der Waals surface area contributed by atoms with Crippen LogP contribution in [0, 0.1) is 5.82 Å². The normalized spacial score (nSPS) is 10.6. The van der Waals surface area contributed by atoms with Gasteiger partial charge in [0.1, 0.15) is 11.6 Å². The lowest BCUT2D eigenvalue weighted by molar-refractivity contribution is 0.339. The summed E-state index contributed by atoms with van der Waals surface area (Å²) in [6.45, 7) is 6.03. The molecule has 3 nitrogen and oxygen atoms in total. The predicted molar refractivity (Wildman–Crippen MR) is 78.2 cm³/mol. The summed E-state index contributed by atoms with van der Waals surface area (Å²) >= 11 is 0. The fourth-order valence-electron chi connectivity index (χ4n) is 1.98. The molecule has 2 aromatic rings. The van der Waals surface area contributed by atoms with Crippen LogP contribution < -0.4 is 10.1 Å². The van der Waals surface area contributed by atoms with Crippen LogP contribution in [0.25, 0.3) is 11.1 Å². The molecule has 20 heavy (non-hydrogen) atoms. The summed E-state index contributed by atoms with van der Waals surface area (Å²) in [5.74, 6) is 0.414. The number of hydrogen-bond donors (Lipinski definition) is 1. The summed E-state index contributed by atoms with van der Waals surface area (Å²) in [5, 5.41) is 3.18. The molecule has 0 aliphatic rings. The highest BCUT2D eigenvalue weighted by atomic mass is 19.1. The minimum atomic E-state index is -0.240. The zero-order valence-electron chi connectivity index (χ0n) is 11.8. The van der Waals surface area contributed by atoms with Gasteiger partial charge in [0.25, 0.3) is 0 Å². The van der Waals surface area contributed by atoms with Crippen LogP contribution in [-0.2, 0) is 6.54 Å². The Kier molecular flexibility index (Phi) is 5.07. The van der Waals surface area contributed by atoms with Gasteiger partial charge < -0.3 is 10.1 Å². The zero-order chi connectivity index (χ0) is 14.4. The molecule has 0 spiro atoms. The molecule has 0 atom stereocenters. The fourth-order valence-corrected chi connectivity index (χ4v) is 1.98. The van der Waals surface area contributed by atoms with Crippen molar-refractivity contribution in [3.8, 4) is 16.9 Å². The van der Waals surface area contributed by atoms with E-state index in [1.165, 1.54) is 0 Å². The van der Waals surface area contributed by atoms with Crippen LogP contribution in [0.2, 0.25) is 0 Å². The molecule has 1 aromatic heterocycles. The van der Waals surface area contributed by atoms with Gasteiger partial charge in [-0.25, -0.2) is 4.39 Å². The van der Waals surface area contributed by atoms with Gasteiger partial charge in [-0.3, -0.25) is 4.98 Å². The van der Waals surface area contributed by atoms with E-state index in [-0.39, 0.29) is 5.82 Å². The molecular weight excluding hydrogens is 255 g/mol. The third kappa shape index (κ3) is 3.54.